The van der Waals surface area contributed by atoms with Crippen molar-refractivity contribution in [3.05, 3.63) is 128 Å². The summed E-state index contributed by atoms with van der Waals surface area (Å²) in [6, 6.07) is 17.7. The van der Waals surface area contributed by atoms with Crippen LogP contribution >= 0.6 is 0 Å². The normalized spacial score (nSPS) is 11.2. The highest BCUT2D eigenvalue weighted by Gasteiger charge is 2.21. The largest absolute Gasteiger partial charge is 0.305 e. The molecule has 0 spiro atoms. The molecule has 2 aromatic heterocycles. The molecular formula is C35H33F2N5O2. The summed E-state index contributed by atoms with van der Waals surface area (Å²) < 4.78 is 29.9. The molecule has 2 heterocycles. The van der Waals surface area contributed by atoms with E-state index in [9.17, 15) is 18.4 Å². The Hall–Kier alpha value is -4.94. The number of rotatable bonds is 9. The molecule has 0 aliphatic carbocycles. The number of hydrogen-bond acceptors (Lipinski definition) is 5. The Balaban J connectivity index is 1.21. The molecule has 3 aromatic carbocycles. The number of fused-ring (bicyclic) bond motifs is 1. The SMILES string of the molecule is Cc1c(C(=O)CCC#Cc2ccc3nc(Cc4ccc(CN(C)C)cc4)ncc3c2)c(=O)n(Cc2ccc(F)c(F)c2)n1C. The van der Waals surface area contributed by atoms with Gasteiger partial charge in [-0.1, -0.05) is 42.2 Å². The first-order chi connectivity index (χ1) is 21.1. The molecule has 0 unspecified atom stereocenters. The molecule has 0 bridgehead atoms. The summed E-state index contributed by atoms with van der Waals surface area (Å²) in [6.45, 7) is 2.59. The lowest BCUT2D eigenvalue weighted by Crippen LogP contribution is -2.25. The molecule has 0 radical (unpaired) electrons. The van der Waals surface area contributed by atoms with Crippen LogP contribution in [0, 0.1) is 30.4 Å². The van der Waals surface area contributed by atoms with Crippen LogP contribution < -0.4 is 5.56 Å². The van der Waals surface area contributed by atoms with E-state index in [2.05, 4.69) is 46.0 Å². The first-order valence-corrected chi connectivity index (χ1v) is 14.3. The van der Waals surface area contributed by atoms with Gasteiger partial charge in [-0.3, -0.25) is 14.3 Å². The number of halogens is 2. The third kappa shape index (κ3) is 6.99. The summed E-state index contributed by atoms with van der Waals surface area (Å²) >= 11 is 0. The van der Waals surface area contributed by atoms with Gasteiger partial charge in [0.2, 0.25) is 0 Å². The minimum absolute atomic E-state index is 0.0117. The summed E-state index contributed by atoms with van der Waals surface area (Å²) in [5.74, 6) is 4.61. The van der Waals surface area contributed by atoms with Crippen molar-refractivity contribution < 1.29 is 13.6 Å². The number of nitrogens with zero attached hydrogens (tertiary/aromatic N) is 5. The lowest BCUT2D eigenvalue weighted by molar-refractivity contribution is 0.0982. The van der Waals surface area contributed by atoms with Crippen LogP contribution in [0.1, 0.15) is 57.0 Å². The zero-order valence-corrected chi connectivity index (χ0v) is 25.2. The molecule has 5 aromatic rings. The third-order valence-electron chi connectivity index (χ3n) is 7.48. The summed E-state index contributed by atoms with van der Waals surface area (Å²) in [5.41, 5.74) is 4.55. The van der Waals surface area contributed by atoms with Crippen molar-refractivity contribution >= 4 is 16.7 Å². The zero-order chi connectivity index (χ0) is 31.4. The van der Waals surface area contributed by atoms with Gasteiger partial charge in [-0.2, -0.15) is 0 Å². The fraction of sp³-hybridized carbons (Fsp3) is 0.257. The molecule has 224 valence electrons. The maximum Gasteiger partial charge on any atom is 0.278 e. The van der Waals surface area contributed by atoms with Crippen molar-refractivity contribution in [2.45, 2.75) is 39.3 Å². The Morgan fingerprint density at radius 3 is 2.41 bits per heavy atom. The van der Waals surface area contributed by atoms with Crippen LogP contribution in [0.5, 0.6) is 0 Å². The summed E-state index contributed by atoms with van der Waals surface area (Å²) in [7, 11) is 5.75. The number of Topliss-reactive ketones (excluding diaryl/α,β-unsaturated/α-hetero) is 1. The third-order valence-corrected chi connectivity index (χ3v) is 7.48. The molecule has 0 amide bonds. The molecule has 7 nitrogen and oxygen atoms in total. The topological polar surface area (TPSA) is 73.0 Å². The van der Waals surface area contributed by atoms with E-state index in [0.717, 1.165) is 46.5 Å². The minimum Gasteiger partial charge on any atom is -0.305 e. The van der Waals surface area contributed by atoms with Gasteiger partial charge in [0.25, 0.3) is 5.56 Å². The van der Waals surface area contributed by atoms with Crippen LogP contribution in [-0.2, 0) is 26.6 Å². The standard InChI is InChI=1S/C35H33F2N5O2/c1-23-34(35(44)42(41(23)4)22-27-13-15-29(36)30(37)18-27)32(43)8-6-5-7-24-14-16-31-28(17-24)20-38-33(39-31)19-25-9-11-26(12-10-25)21-40(2)3/h9-18,20H,6,8,19,21-22H2,1-4H3. The van der Waals surface area contributed by atoms with E-state index in [4.69, 9.17) is 4.98 Å². The molecule has 9 heteroatoms. The van der Waals surface area contributed by atoms with Gasteiger partial charge in [0, 0.05) is 55.7 Å². The molecule has 0 aliphatic heterocycles. The Bertz CT molecular complexity index is 1960. The number of benzene rings is 3. The first kappa shape index (κ1) is 30.5. The molecular weight excluding hydrogens is 560 g/mol. The van der Waals surface area contributed by atoms with E-state index in [-0.39, 0.29) is 30.7 Å². The zero-order valence-electron chi connectivity index (χ0n) is 25.2. The van der Waals surface area contributed by atoms with Crippen molar-refractivity contribution in [1.82, 2.24) is 24.2 Å². The number of carbonyl (C=O) groups excluding carboxylic acids is 1. The summed E-state index contributed by atoms with van der Waals surface area (Å²) in [5, 5.41) is 0.874. The molecule has 5 rings (SSSR count). The lowest BCUT2D eigenvalue weighted by Gasteiger charge is -2.10. The van der Waals surface area contributed by atoms with Gasteiger partial charge in [0.15, 0.2) is 17.4 Å². The van der Waals surface area contributed by atoms with Crippen LogP contribution in [0.25, 0.3) is 10.9 Å². The van der Waals surface area contributed by atoms with E-state index in [0.29, 0.717) is 17.7 Å². The molecule has 44 heavy (non-hydrogen) atoms. The highest BCUT2D eigenvalue weighted by Crippen LogP contribution is 2.16. The number of aromatic nitrogens is 4. The van der Waals surface area contributed by atoms with Gasteiger partial charge < -0.3 is 4.90 Å². The Labute approximate surface area is 254 Å². The second-order valence-corrected chi connectivity index (χ2v) is 11.1. The predicted molar refractivity (Wildman–Crippen MR) is 166 cm³/mol. The Morgan fingerprint density at radius 1 is 0.955 bits per heavy atom. The van der Waals surface area contributed by atoms with Gasteiger partial charge in [0.1, 0.15) is 11.4 Å². The van der Waals surface area contributed by atoms with Crippen LogP contribution in [0.15, 0.2) is 71.7 Å². The molecule has 0 saturated heterocycles. The van der Waals surface area contributed by atoms with Crippen LogP contribution in [0.3, 0.4) is 0 Å². The minimum atomic E-state index is -0.988. The van der Waals surface area contributed by atoms with Crippen molar-refractivity contribution in [2.24, 2.45) is 7.05 Å². The number of ketones is 1. The van der Waals surface area contributed by atoms with Gasteiger partial charge in [-0.15, -0.1) is 0 Å². The van der Waals surface area contributed by atoms with Crippen LogP contribution in [0.2, 0.25) is 0 Å². The average molecular weight is 594 g/mol. The van der Waals surface area contributed by atoms with Crippen molar-refractivity contribution in [1.29, 1.82) is 0 Å². The van der Waals surface area contributed by atoms with E-state index in [1.165, 1.54) is 16.3 Å². The van der Waals surface area contributed by atoms with Crippen LogP contribution in [0.4, 0.5) is 8.78 Å². The van der Waals surface area contributed by atoms with Crippen molar-refractivity contribution in [2.75, 3.05) is 14.1 Å². The second kappa shape index (κ2) is 13.1. The van der Waals surface area contributed by atoms with E-state index in [1.807, 2.05) is 32.3 Å². The molecule has 0 fully saturated rings. The maximum absolute atomic E-state index is 13.7. The lowest BCUT2D eigenvalue weighted by atomic mass is 10.1. The maximum atomic E-state index is 13.7. The van der Waals surface area contributed by atoms with Gasteiger partial charge in [0.05, 0.1) is 12.1 Å². The molecule has 0 aliphatic rings. The summed E-state index contributed by atoms with van der Waals surface area (Å²) in [6.07, 6.45) is 2.80. The molecule has 0 atom stereocenters. The van der Waals surface area contributed by atoms with E-state index >= 15 is 0 Å². The average Bonchev–Trinajstić information content (AvgIpc) is 3.20. The smallest absolute Gasteiger partial charge is 0.278 e. The predicted octanol–water partition coefficient (Wildman–Crippen LogP) is 5.43. The highest BCUT2D eigenvalue weighted by molar-refractivity contribution is 5.97. The van der Waals surface area contributed by atoms with E-state index in [1.54, 1.807) is 24.9 Å². The van der Waals surface area contributed by atoms with Crippen molar-refractivity contribution in [3.8, 4) is 11.8 Å². The van der Waals surface area contributed by atoms with Crippen LogP contribution in [-0.4, -0.2) is 44.1 Å². The molecule has 0 N–H and O–H groups in total. The van der Waals surface area contributed by atoms with Gasteiger partial charge >= 0.3 is 0 Å². The first-order valence-electron chi connectivity index (χ1n) is 14.3. The monoisotopic (exact) mass is 593 g/mol. The Morgan fingerprint density at radius 2 is 1.68 bits per heavy atom. The Kier molecular flexibility index (Phi) is 9.12. The number of hydrogen-bond donors (Lipinski definition) is 0. The van der Waals surface area contributed by atoms with Gasteiger partial charge in [-0.25, -0.2) is 23.4 Å². The quantitative estimate of drug-likeness (QED) is 0.168. The fourth-order valence-corrected chi connectivity index (χ4v) is 5.08. The second-order valence-electron chi connectivity index (χ2n) is 11.1. The van der Waals surface area contributed by atoms with Gasteiger partial charge in [-0.05, 0) is 68.0 Å². The molecule has 0 saturated carbocycles. The highest BCUT2D eigenvalue weighted by atomic mass is 19.2. The summed E-state index contributed by atoms with van der Waals surface area (Å²) in [4.78, 5) is 37.4. The van der Waals surface area contributed by atoms with Crippen molar-refractivity contribution in [3.63, 3.8) is 0 Å². The number of carbonyl (C=O) groups is 1. The van der Waals surface area contributed by atoms with E-state index < -0.39 is 17.2 Å². The fourth-order valence-electron chi connectivity index (χ4n) is 5.08.